The first kappa shape index (κ1) is 12.3. The standard InChI is InChI=1S/C14H14ClN3O/c1-2-18-8-10(7-17-18)13(16)12-6-9-4-3-5-11(15)14(9)19-12/h3-8,13H,2,16H2,1H3. The summed E-state index contributed by atoms with van der Waals surface area (Å²) in [4.78, 5) is 0. The Bertz CT molecular complexity index is 716. The van der Waals surface area contributed by atoms with Crippen molar-refractivity contribution in [3.05, 3.63) is 53.0 Å². The van der Waals surface area contributed by atoms with Crippen LogP contribution in [0, 0.1) is 0 Å². The first-order valence-corrected chi connectivity index (χ1v) is 6.52. The van der Waals surface area contributed by atoms with Crippen LogP contribution in [-0.4, -0.2) is 9.78 Å². The number of furan rings is 1. The molecule has 0 saturated carbocycles. The second-order valence-corrected chi connectivity index (χ2v) is 4.82. The lowest BCUT2D eigenvalue weighted by molar-refractivity contribution is 0.525. The van der Waals surface area contributed by atoms with E-state index >= 15 is 0 Å². The maximum Gasteiger partial charge on any atom is 0.152 e. The molecule has 0 aliphatic carbocycles. The molecule has 3 rings (SSSR count). The molecule has 1 atom stereocenters. The number of halogens is 1. The first-order valence-electron chi connectivity index (χ1n) is 6.15. The fraction of sp³-hybridized carbons (Fsp3) is 0.214. The van der Waals surface area contributed by atoms with Gasteiger partial charge in [0.05, 0.1) is 17.3 Å². The van der Waals surface area contributed by atoms with Gasteiger partial charge in [0.1, 0.15) is 5.76 Å². The second kappa shape index (κ2) is 4.72. The molecule has 3 aromatic rings. The number of nitrogens with zero attached hydrogens (tertiary/aromatic N) is 2. The Hall–Kier alpha value is -1.78. The normalized spacial score (nSPS) is 13.0. The average molecular weight is 276 g/mol. The fourth-order valence-corrected chi connectivity index (χ4v) is 2.30. The van der Waals surface area contributed by atoms with Crippen LogP contribution in [0.15, 0.2) is 41.1 Å². The predicted molar refractivity (Wildman–Crippen MR) is 75.2 cm³/mol. The van der Waals surface area contributed by atoms with Gasteiger partial charge in [0, 0.05) is 23.7 Å². The van der Waals surface area contributed by atoms with Crippen LogP contribution in [0.4, 0.5) is 0 Å². The third-order valence-corrected chi connectivity index (χ3v) is 3.46. The lowest BCUT2D eigenvalue weighted by Gasteiger charge is -2.04. The molecule has 0 spiro atoms. The van der Waals surface area contributed by atoms with Gasteiger partial charge in [0.15, 0.2) is 5.58 Å². The van der Waals surface area contributed by atoms with Gasteiger partial charge in [-0.3, -0.25) is 4.68 Å². The zero-order valence-corrected chi connectivity index (χ0v) is 11.3. The number of fused-ring (bicyclic) bond motifs is 1. The lowest BCUT2D eigenvalue weighted by atomic mass is 10.1. The largest absolute Gasteiger partial charge is 0.457 e. The molecule has 4 nitrogen and oxygen atoms in total. The number of para-hydroxylation sites is 1. The molecule has 0 aliphatic heterocycles. The van der Waals surface area contributed by atoms with Crippen molar-refractivity contribution in [2.75, 3.05) is 0 Å². The van der Waals surface area contributed by atoms with Gasteiger partial charge >= 0.3 is 0 Å². The Morgan fingerprint density at radius 2 is 2.32 bits per heavy atom. The minimum atomic E-state index is -0.330. The maximum atomic E-state index is 6.21. The van der Waals surface area contributed by atoms with E-state index in [1.54, 1.807) is 12.3 Å². The molecule has 2 aromatic heterocycles. The Kier molecular flexibility index (Phi) is 3.05. The van der Waals surface area contributed by atoms with Gasteiger partial charge in [-0.25, -0.2) is 0 Å². The number of aromatic nitrogens is 2. The monoisotopic (exact) mass is 275 g/mol. The maximum absolute atomic E-state index is 6.21. The van der Waals surface area contributed by atoms with Crippen molar-refractivity contribution in [2.24, 2.45) is 5.73 Å². The average Bonchev–Trinajstić information content (AvgIpc) is 3.05. The van der Waals surface area contributed by atoms with Crippen LogP contribution in [0.25, 0.3) is 11.0 Å². The molecular weight excluding hydrogens is 262 g/mol. The summed E-state index contributed by atoms with van der Waals surface area (Å²) in [6.07, 6.45) is 3.70. The summed E-state index contributed by atoms with van der Waals surface area (Å²) in [6.45, 7) is 2.85. The molecule has 0 bridgehead atoms. The van der Waals surface area contributed by atoms with E-state index in [2.05, 4.69) is 5.10 Å². The van der Waals surface area contributed by atoms with E-state index in [1.807, 2.05) is 36.0 Å². The van der Waals surface area contributed by atoms with E-state index in [1.165, 1.54) is 0 Å². The molecular formula is C14H14ClN3O. The van der Waals surface area contributed by atoms with Crippen molar-refractivity contribution in [2.45, 2.75) is 19.5 Å². The molecule has 5 heteroatoms. The molecule has 2 heterocycles. The molecule has 0 saturated heterocycles. The summed E-state index contributed by atoms with van der Waals surface area (Å²) in [5.74, 6) is 0.693. The van der Waals surface area contributed by atoms with Gasteiger partial charge in [-0.05, 0) is 19.1 Å². The molecule has 2 N–H and O–H groups in total. The Morgan fingerprint density at radius 3 is 3.00 bits per heavy atom. The van der Waals surface area contributed by atoms with Crippen molar-refractivity contribution in [1.82, 2.24) is 9.78 Å². The highest BCUT2D eigenvalue weighted by molar-refractivity contribution is 6.34. The summed E-state index contributed by atoms with van der Waals surface area (Å²) in [6, 6.07) is 7.25. The highest BCUT2D eigenvalue weighted by atomic mass is 35.5. The second-order valence-electron chi connectivity index (χ2n) is 4.41. The molecule has 1 aromatic carbocycles. The van der Waals surface area contributed by atoms with Gasteiger partial charge in [0.25, 0.3) is 0 Å². The third-order valence-electron chi connectivity index (χ3n) is 3.16. The smallest absolute Gasteiger partial charge is 0.152 e. The number of benzene rings is 1. The minimum Gasteiger partial charge on any atom is -0.457 e. The summed E-state index contributed by atoms with van der Waals surface area (Å²) in [5, 5.41) is 5.78. The minimum absolute atomic E-state index is 0.330. The summed E-state index contributed by atoms with van der Waals surface area (Å²) in [5.41, 5.74) is 7.81. The summed E-state index contributed by atoms with van der Waals surface area (Å²) < 4.78 is 7.60. The van der Waals surface area contributed by atoms with Gasteiger partial charge in [0.2, 0.25) is 0 Å². The van der Waals surface area contributed by atoms with Crippen LogP contribution >= 0.6 is 11.6 Å². The molecule has 98 valence electrons. The molecule has 19 heavy (non-hydrogen) atoms. The summed E-state index contributed by atoms with van der Waals surface area (Å²) in [7, 11) is 0. The van der Waals surface area contributed by atoms with Crippen LogP contribution in [0.3, 0.4) is 0 Å². The van der Waals surface area contributed by atoms with Crippen LogP contribution in [0.5, 0.6) is 0 Å². The van der Waals surface area contributed by atoms with Crippen LogP contribution in [0.1, 0.15) is 24.3 Å². The van der Waals surface area contributed by atoms with Crippen molar-refractivity contribution >= 4 is 22.6 Å². The van der Waals surface area contributed by atoms with Gasteiger partial charge in [-0.2, -0.15) is 5.10 Å². The van der Waals surface area contributed by atoms with E-state index < -0.39 is 0 Å². The van der Waals surface area contributed by atoms with E-state index in [-0.39, 0.29) is 6.04 Å². The number of hydrogen-bond acceptors (Lipinski definition) is 3. The van der Waals surface area contributed by atoms with Crippen molar-refractivity contribution in [3.8, 4) is 0 Å². The number of rotatable bonds is 3. The van der Waals surface area contributed by atoms with Crippen molar-refractivity contribution in [1.29, 1.82) is 0 Å². The molecule has 0 radical (unpaired) electrons. The molecule has 1 unspecified atom stereocenters. The number of aryl methyl sites for hydroxylation is 1. The number of nitrogens with two attached hydrogens (primary N) is 1. The van der Waals surface area contributed by atoms with E-state index in [9.17, 15) is 0 Å². The van der Waals surface area contributed by atoms with Gasteiger partial charge < -0.3 is 10.2 Å². The van der Waals surface area contributed by atoms with Crippen LogP contribution in [-0.2, 0) is 6.54 Å². The molecule has 0 fully saturated rings. The highest BCUT2D eigenvalue weighted by Crippen LogP contribution is 2.30. The van der Waals surface area contributed by atoms with E-state index in [0.717, 1.165) is 17.5 Å². The lowest BCUT2D eigenvalue weighted by Crippen LogP contribution is -2.09. The third kappa shape index (κ3) is 2.13. The Labute approximate surface area is 115 Å². The zero-order chi connectivity index (χ0) is 13.4. The van der Waals surface area contributed by atoms with Crippen LogP contribution < -0.4 is 5.73 Å². The van der Waals surface area contributed by atoms with Crippen molar-refractivity contribution in [3.63, 3.8) is 0 Å². The quantitative estimate of drug-likeness (QED) is 0.797. The Morgan fingerprint density at radius 1 is 1.47 bits per heavy atom. The molecule has 0 amide bonds. The highest BCUT2D eigenvalue weighted by Gasteiger charge is 2.16. The number of hydrogen-bond donors (Lipinski definition) is 1. The fourth-order valence-electron chi connectivity index (χ4n) is 2.08. The molecule has 0 aliphatic rings. The predicted octanol–water partition coefficient (Wildman–Crippen LogP) is 3.35. The van der Waals surface area contributed by atoms with Gasteiger partial charge in [-0.1, -0.05) is 23.7 Å². The topological polar surface area (TPSA) is 57.0 Å². The van der Waals surface area contributed by atoms with E-state index in [0.29, 0.717) is 16.4 Å². The SMILES string of the molecule is CCn1cc(C(N)c2cc3cccc(Cl)c3o2)cn1. The Balaban J connectivity index is 2.01. The first-order chi connectivity index (χ1) is 9.19. The zero-order valence-electron chi connectivity index (χ0n) is 10.5. The van der Waals surface area contributed by atoms with Crippen molar-refractivity contribution < 1.29 is 4.42 Å². The van der Waals surface area contributed by atoms with Crippen LogP contribution in [0.2, 0.25) is 5.02 Å². The summed E-state index contributed by atoms with van der Waals surface area (Å²) >= 11 is 6.10. The van der Waals surface area contributed by atoms with E-state index in [4.69, 9.17) is 21.8 Å². The van der Waals surface area contributed by atoms with Gasteiger partial charge in [-0.15, -0.1) is 0 Å².